The molecule has 1 aromatic heterocycles. The molecule has 2 N–H and O–H groups in total. The van der Waals surface area contributed by atoms with E-state index in [0.29, 0.717) is 9.14 Å². The van der Waals surface area contributed by atoms with Crippen molar-refractivity contribution in [3.05, 3.63) is 56.4 Å². The largest absolute Gasteiger partial charge is 0.452 e. The SMILES string of the molecule is NC(c1ccc(Br)o1)c1c(F)cc(Br)cc1F. The minimum Gasteiger partial charge on any atom is -0.452 e. The Kier molecular flexibility index (Phi) is 3.65. The van der Waals surface area contributed by atoms with Crippen LogP contribution in [0, 0.1) is 11.6 Å². The third-order valence-corrected chi connectivity index (χ3v) is 3.14. The molecule has 0 fully saturated rings. The van der Waals surface area contributed by atoms with E-state index in [-0.39, 0.29) is 11.3 Å². The van der Waals surface area contributed by atoms with Crippen molar-refractivity contribution in [2.24, 2.45) is 5.73 Å². The van der Waals surface area contributed by atoms with Gasteiger partial charge < -0.3 is 10.2 Å². The van der Waals surface area contributed by atoms with E-state index in [0.717, 1.165) is 12.1 Å². The first-order valence-corrected chi connectivity index (χ1v) is 6.23. The van der Waals surface area contributed by atoms with Gasteiger partial charge in [-0.3, -0.25) is 0 Å². The number of hydrogen-bond acceptors (Lipinski definition) is 2. The Hall–Kier alpha value is -0.720. The molecular weight excluding hydrogens is 360 g/mol. The van der Waals surface area contributed by atoms with Crippen LogP contribution in [-0.4, -0.2) is 0 Å². The zero-order valence-corrected chi connectivity index (χ0v) is 11.6. The standard InChI is InChI=1S/C11H7Br2F2NO/c12-5-3-6(14)10(7(15)4-5)11(16)8-1-2-9(13)17-8/h1-4,11H,16H2. The lowest BCUT2D eigenvalue weighted by Gasteiger charge is -2.11. The molecule has 2 nitrogen and oxygen atoms in total. The predicted molar refractivity (Wildman–Crippen MR) is 66.5 cm³/mol. The highest BCUT2D eigenvalue weighted by Crippen LogP contribution is 2.29. The van der Waals surface area contributed by atoms with Gasteiger partial charge in [0.15, 0.2) is 4.67 Å². The third-order valence-electron chi connectivity index (χ3n) is 2.26. The second-order valence-corrected chi connectivity index (χ2v) is 5.10. The minimum absolute atomic E-state index is 0.213. The average Bonchev–Trinajstić information content (AvgIpc) is 2.63. The molecule has 1 aromatic carbocycles. The normalized spacial score (nSPS) is 12.8. The number of halogens is 4. The molecule has 1 atom stereocenters. The van der Waals surface area contributed by atoms with Gasteiger partial charge in [-0.15, -0.1) is 0 Å². The van der Waals surface area contributed by atoms with Gasteiger partial charge in [-0.25, -0.2) is 8.78 Å². The van der Waals surface area contributed by atoms with Crippen LogP contribution in [-0.2, 0) is 0 Å². The molecule has 0 radical (unpaired) electrons. The molecule has 0 spiro atoms. The van der Waals surface area contributed by atoms with Gasteiger partial charge in [-0.05, 0) is 40.2 Å². The molecule has 1 heterocycles. The van der Waals surface area contributed by atoms with Crippen LogP contribution in [0.3, 0.4) is 0 Å². The summed E-state index contributed by atoms with van der Waals surface area (Å²) in [4.78, 5) is 0. The Balaban J connectivity index is 2.47. The molecule has 0 saturated carbocycles. The van der Waals surface area contributed by atoms with Gasteiger partial charge in [-0.1, -0.05) is 15.9 Å². The molecule has 0 saturated heterocycles. The highest BCUT2D eigenvalue weighted by atomic mass is 79.9. The number of furan rings is 1. The van der Waals surface area contributed by atoms with Crippen LogP contribution in [0.1, 0.15) is 17.4 Å². The maximum atomic E-state index is 13.7. The smallest absolute Gasteiger partial charge is 0.169 e. The quantitative estimate of drug-likeness (QED) is 0.867. The molecule has 0 aliphatic heterocycles. The summed E-state index contributed by atoms with van der Waals surface area (Å²) < 4.78 is 33.3. The van der Waals surface area contributed by atoms with Crippen molar-refractivity contribution >= 4 is 31.9 Å². The van der Waals surface area contributed by atoms with Crippen molar-refractivity contribution in [3.8, 4) is 0 Å². The molecule has 0 bridgehead atoms. The van der Waals surface area contributed by atoms with E-state index in [9.17, 15) is 8.78 Å². The van der Waals surface area contributed by atoms with E-state index in [1.807, 2.05) is 0 Å². The van der Waals surface area contributed by atoms with Gasteiger partial charge in [0.1, 0.15) is 17.4 Å². The first-order valence-electron chi connectivity index (χ1n) is 4.64. The minimum atomic E-state index is -0.977. The van der Waals surface area contributed by atoms with E-state index in [1.54, 1.807) is 12.1 Å². The van der Waals surface area contributed by atoms with E-state index in [1.165, 1.54) is 0 Å². The summed E-state index contributed by atoms with van der Waals surface area (Å²) in [6.45, 7) is 0. The number of nitrogens with two attached hydrogens (primary N) is 1. The number of benzene rings is 1. The van der Waals surface area contributed by atoms with Crippen LogP contribution in [0.5, 0.6) is 0 Å². The lowest BCUT2D eigenvalue weighted by Crippen LogP contribution is -2.15. The Morgan fingerprint density at radius 2 is 1.71 bits per heavy atom. The molecule has 0 aliphatic rings. The van der Waals surface area contributed by atoms with Crippen LogP contribution in [0.4, 0.5) is 8.78 Å². The zero-order chi connectivity index (χ0) is 12.6. The summed E-state index contributed by atoms with van der Waals surface area (Å²) in [5.74, 6) is -1.13. The molecule has 17 heavy (non-hydrogen) atoms. The van der Waals surface area contributed by atoms with Crippen molar-refractivity contribution < 1.29 is 13.2 Å². The maximum absolute atomic E-state index is 13.7. The molecule has 6 heteroatoms. The zero-order valence-electron chi connectivity index (χ0n) is 8.38. The predicted octanol–water partition coefficient (Wildman–Crippen LogP) is 4.13. The van der Waals surface area contributed by atoms with Gasteiger partial charge >= 0.3 is 0 Å². The van der Waals surface area contributed by atoms with Gasteiger partial charge in [0.05, 0.1) is 6.04 Å². The lowest BCUT2D eigenvalue weighted by molar-refractivity contribution is 0.451. The Labute approximate surface area is 113 Å². The summed E-state index contributed by atoms with van der Waals surface area (Å²) >= 11 is 6.11. The molecule has 90 valence electrons. The van der Waals surface area contributed by atoms with Crippen molar-refractivity contribution in [1.29, 1.82) is 0 Å². The van der Waals surface area contributed by atoms with Gasteiger partial charge in [-0.2, -0.15) is 0 Å². The van der Waals surface area contributed by atoms with E-state index < -0.39 is 17.7 Å². The van der Waals surface area contributed by atoms with Crippen molar-refractivity contribution in [3.63, 3.8) is 0 Å². The second-order valence-electron chi connectivity index (χ2n) is 3.40. The fourth-order valence-electron chi connectivity index (χ4n) is 1.49. The fraction of sp³-hybridized carbons (Fsp3) is 0.0909. The Bertz CT molecular complexity index is 533. The van der Waals surface area contributed by atoms with Crippen molar-refractivity contribution in [2.45, 2.75) is 6.04 Å². The molecule has 1 unspecified atom stereocenters. The van der Waals surface area contributed by atoms with Crippen LogP contribution >= 0.6 is 31.9 Å². The fourth-order valence-corrected chi connectivity index (χ4v) is 2.21. The van der Waals surface area contributed by atoms with Gasteiger partial charge in [0.2, 0.25) is 0 Å². The van der Waals surface area contributed by atoms with Gasteiger partial charge in [0.25, 0.3) is 0 Å². The van der Waals surface area contributed by atoms with E-state index in [4.69, 9.17) is 10.2 Å². The molecule has 2 rings (SSSR count). The van der Waals surface area contributed by atoms with Crippen LogP contribution < -0.4 is 5.73 Å². The highest BCUT2D eigenvalue weighted by molar-refractivity contribution is 9.10. The Morgan fingerprint density at radius 1 is 1.12 bits per heavy atom. The van der Waals surface area contributed by atoms with E-state index in [2.05, 4.69) is 31.9 Å². The average molecular weight is 367 g/mol. The summed E-state index contributed by atoms with van der Waals surface area (Å²) in [6, 6.07) is 4.53. The topological polar surface area (TPSA) is 39.2 Å². The summed E-state index contributed by atoms with van der Waals surface area (Å²) in [6.07, 6.45) is 0. The molecule has 2 aromatic rings. The monoisotopic (exact) mass is 365 g/mol. The summed E-state index contributed by atoms with van der Waals surface area (Å²) in [5, 5.41) is 0. The summed E-state index contributed by atoms with van der Waals surface area (Å²) in [7, 11) is 0. The van der Waals surface area contributed by atoms with Crippen LogP contribution in [0.25, 0.3) is 0 Å². The molecular formula is C11H7Br2F2NO. The number of hydrogen-bond donors (Lipinski definition) is 1. The number of rotatable bonds is 2. The summed E-state index contributed by atoms with van der Waals surface area (Å²) in [5.41, 5.74) is 5.56. The van der Waals surface area contributed by atoms with Crippen LogP contribution in [0.2, 0.25) is 0 Å². The van der Waals surface area contributed by atoms with Gasteiger partial charge in [0, 0.05) is 10.0 Å². The van der Waals surface area contributed by atoms with Crippen LogP contribution in [0.15, 0.2) is 37.8 Å². The molecule has 0 amide bonds. The Morgan fingerprint density at radius 3 is 2.18 bits per heavy atom. The maximum Gasteiger partial charge on any atom is 0.169 e. The third kappa shape index (κ3) is 2.59. The molecule has 0 aliphatic carbocycles. The van der Waals surface area contributed by atoms with Crippen molar-refractivity contribution in [1.82, 2.24) is 0 Å². The first-order chi connectivity index (χ1) is 7.99. The lowest BCUT2D eigenvalue weighted by atomic mass is 10.0. The second kappa shape index (κ2) is 4.88. The highest BCUT2D eigenvalue weighted by Gasteiger charge is 2.21. The van der Waals surface area contributed by atoms with E-state index >= 15 is 0 Å². The first kappa shape index (κ1) is 12.7. The van der Waals surface area contributed by atoms with Crippen molar-refractivity contribution in [2.75, 3.05) is 0 Å².